The van der Waals surface area contributed by atoms with Gasteiger partial charge >= 0.3 is 0 Å². The van der Waals surface area contributed by atoms with Gasteiger partial charge in [0.05, 0.1) is 31.6 Å². The van der Waals surface area contributed by atoms with Crippen LogP contribution in [0, 0.1) is 0 Å². The second-order valence-corrected chi connectivity index (χ2v) is 7.94. The molecule has 0 atom stereocenters. The number of imide groups is 1. The van der Waals surface area contributed by atoms with E-state index in [2.05, 4.69) is 5.32 Å². The number of carbonyl (C=O) groups is 2. The number of nitrogens with zero attached hydrogens (tertiary/aromatic N) is 1. The van der Waals surface area contributed by atoms with E-state index in [1.165, 1.54) is 7.11 Å². The van der Waals surface area contributed by atoms with Gasteiger partial charge in [0.2, 0.25) is 0 Å². The molecule has 4 rings (SSSR count). The van der Waals surface area contributed by atoms with Crippen LogP contribution in [0.25, 0.3) is 5.57 Å². The van der Waals surface area contributed by atoms with E-state index in [1.54, 1.807) is 55.6 Å². The molecule has 0 unspecified atom stereocenters. The van der Waals surface area contributed by atoms with Gasteiger partial charge in [0, 0.05) is 11.8 Å². The van der Waals surface area contributed by atoms with Crippen LogP contribution in [0.15, 0.2) is 78.5 Å². The average Bonchev–Trinajstić information content (AvgIpc) is 3.09. The molecule has 3 aromatic rings. The first kappa shape index (κ1) is 22.9. The van der Waals surface area contributed by atoms with Crippen molar-refractivity contribution >= 4 is 28.8 Å². The number of amides is 2. The molecule has 0 saturated heterocycles. The molecule has 0 aromatic heterocycles. The van der Waals surface area contributed by atoms with Gasteiger partial charge in [0.1, 0.15) is 22.9 Å². The van der Waals surface area contributed by atoms with E-state index in [4.69, 9.17) is 14.2 Å². The number of hydrogen-bond donors (Lipinski definition) is 1. The molecule has 0 bridgehead atoms. The van der Waals surface area contributed by atoms with Crippen molar-refractivity contribution in [2.45, 2.75) is 20.0 Å². The molecule has 0 radical (unpaired) electrons. The first-order valence-corrected chi connectivity index (χ1v) is 10.9. The molecule has 174 valence electrons. The second kappa shape index (κ2) is 9.70. The molecular weight excluding hydrogens is 432 g/mol. The van der Waals surface area contributed by atoms with Gasteiger partial charge in [-0.25, -0.2) is 4.90 Å². The van der Waals surface area contributed by atoms with Crippen molar-refractivity contribution < 1.29 is 23.8 Å². The van der Waals surface area contributed by atoms with Crippen LogP contribution in [-0.4, -0.2) is 32.1 Å². The molecule has 0 aliphatic carbocycles. The molecule has 2 amide bonds. The zero-order chi connectivity index (χ0) is 24.2. The van der Waals surface area contributed by atoms with Gasteiger partial charge in [-0.05, 0) is 67.9 Å². The molecule has 1 N–H and O–H groups in total. The number of benzene rings is 3. The normalized spacial score (nSPS) is 13.5. The maximum absolute atomic E-state index is 13.6. The van der Waals surface area contributed by atoms with E-state index in [1.807, 2.05) is 38.1 Å². The number of anilines is 2. The SMILES string of the molecule is COc1ccc(C2=C(Nc3ccc(OC(C)C)cc3)C(=O)N(c3cccc(OC)c3)C2=O)cc1. The molecule has 3 aromatic carbocycles. The minimum Gasteiger partial charge on any atom is -0.497 e. The van der Waals surface area contributed by atoms with Crippen molar-refractivity contribution in [1.29, 1.82) is 0 Å². The lowest BCUT2D eigenvalue weighted by Crippen LogP contribution is -2.32. The third kappa shape index (κ3) is 4.59. The van der Waals surface area contributed by atoms with Crippen molar-refractivity contribution in [3.8, 4) is 17.2 Å². The predicted octanol–water partition coefficient (Wildman–Crippen LogP) is 4.89. The van der Waals surface area contributed by atoms with Crippen LogP contribution < -0.4 is 24.4 Å². The van der Waals surface area contributed by atoms with E-state index in [0.717, 1.165) is 10.6 Å². The average molecular weight is 459 g/mol. The summed E-state index contributed by atoms with van der Waals surface area (Å²) in [7, 11) is 3.11. The van der Waals surface area contributed by atoms with Crippen LogP contribution in [0.4, 0.5) is 11.4 Å². The van der Waals surface area contributed by atoms with Gasteiger partial charge in [0.15, 0.2) is 0 Å². The second-order valence-electron chi connectivity index (χ2n) is 7.94. The van der Waals surface area contributed by atoms with Gasteiger partial charge in [0.25, 0.3) is 11.8 Å². The van der Waals surface area contributed by atoms with Crippen molar-refractivity contribution in [2.24, 2.45) is 0 Å². The van der Waals surface area contributed by atoms with E-state index in [-0.39, 0.29) is 17.4 Å². The number of carbonyl (C=O) groups excluding carboxylic acids is 2. The molecule has 1 heterocycles. The predicted molar refractivity (Wildman–Crippen MR) is 131 cm³/mol. The Labute approximate surface area is 198 Å². The standard InChI is InChI=1S/C27H26N2O5/c1-17(2)34-22-14-10-19(11-15-22)28-25-24(18-8-12-21(32-3)13-9-18)26(30)29(27(25)31)20-6-5-7-23(16-20)33-4/h5-17,28H,1-4H3. The summed E-state index contributed by atoms with van der Waals surface area (Å²) in [6, 6.07) is 21.1. The summed E-state index contributed by atoms with van der Waals surface area (Å²) in [5.74, 6) is 1.04. The van der Waals surface area contributed by atoms with Crippen LogP contribution >= 0.6 is 0 Å². The lowest BCUT2D eigenvalue weighted by Gasteiger charge is -2.16. The molecular formula is C27H26N2O5. The maximum atomic E-state index is 13.6. The van der Waals surface area contributed by atoms with E-state index in [0.29, 0.717) is 28.4 Å². The summed E-state index contributed by atoms with van der Waals surface area (Å²) in [5, 5.41) is 3.16. The number of nitrogens with one attached hydrogen (secondary N) is 1. The number of methoxy groups -OCH3 is 2. The first-order chi connectivity index (χ1) is 16.4. The number of rotatable bonds is 8. The summed E-state index contributed by atoms with van der Waals surface area (Å²) < 4.78 is 16.2. The molecule has 34 heavy (non-hydrogen) atoms. The summed E-state index contributed by atoms with van der Waals surface area (Å²) >= 11 is 0. The zero-order valence-electron chi connectivity index (χ0n) is 19.5. The maximum Gasteiger partial charge on any atom is 0.282 e. The largest absolute Gasteiger partial charge is 0.497 e. The fraction of sp³-hybridized carbons (Fsp3) is 0.185. The highest BCUT2D eigenvalue weighted by Crippen LogP contribution is 2.35. The summed E-state index contributed by atoms with van der Waals surface area (Å²) in [6.45, 7) is 3.90. The van der Waals surface area contributed by atoms with Crippen LogP contribution in [0.3, 0.4) is 0 Å². The third-order valence-corrected chi connectivity index (χ3v) is 5.27. The van der Waals surface area contributed by atoms with Gasteiger partial charge in [-0.15, -0.1) is 0 Å². The van der Waals surface area contributed by atoms with Crippen molar-refractivity contribution in [3.05, 3.63) is 84.1 Å². The fourth-order valence-corrected chi connectivity index (χ4v) is 3.69. The highest BCUT2D eigenvalue weighted by molar-refractivity contribution is 6.46. The summed E-state index contributed by atoms with van der Waals surface area (Å²) in [6.07, 6.45) is 0.0497. The smallest absolute Gasteiger partial charge is 0.282 e. The highest BCUT2D eigenvalue weighted by Gasteiger charge is 2.40. The fourth-order valence-electron chi connectivity index (χ4n) is 3.69. The Bertz CT molecular complexity index is 1230. The number of hydrogen-bond acceptors (Lipinski definition) is 6. The van der Waals surface area contributed by atoms with E-state index < -0.39 is 11.8 Å². The molecule has 1 aliphatic rings. The molecule has 7 nitrogen and oxygen atoms in total. The Kier molecular flexibility index (Phi) is 6.54. The quantitative estimate of drug-likeness (QED) is 0.485. The number of ether oxygens (including phenoxy) is 3. The van der Waals surface area contributed by atoms with Gasteiger partial charge in [-0.3, -0.25) is 9.59 Å². The Morgan fingerprint density at radius 2 is 1.41 bits per heavy atom. The van der Waals surface area contributed by atoms with Gasteiger partial charge in [-0.1, -0.05) is 18.2 Å². The minimum atomic E-state index is -0.452. The summed E-state index contributed by atoms with van der Waals surface area (Å²) in [4.78, 5) is 28.2. The highest BCUT2D eigenvalue weighted by atomic mass is 16.5. The van der Waals surface area contributed by atoms with Crippen molar-refractivity contribution in [3.63, 3.8) is 0 Å². The lowest BCUT2D eigenvalue weighted by molar-refractivity contribution is -0.120. The van der Waals surface area contributed by atoms with Crippen LogP contribution in [0.5, 0.6) is 17.2 Å². The Morgan fingerprint density at radius 3 is 2.03 bits per heavy atom. The molecule has 1 aliphatic heterocycles. The Hall–Kier alpha value is -4.26. The lowest BCUT2D eigenvalue weighted by atomic mass is 10.0. The molecule has 0 spiro atoms. The Morgan fingerprint density at radius 1 is 0.765 bits per heavy atom. The van der Waals surface area contributed by atoms with Crippen molar-refractivity contribution in [2.75, 3.05) is 24.4 Å². The topological polar surface area (TPSA) is 77.1 Å². The third-order valence-electron chi connectivity index (χ3n) is 5.27. The van der Waals surface area contributed by atoms with Gasteiger partial charge < -0.3 is 19.5 Å². The molecule has 0 saturated carbocycles. The zero-order valence-corrected chi connectivity index (χ0v) is 19.5. The minimum absolute atomic E-state index is 0.0497. The van der Waals surface area contributed by atoms with Crippen LogP contribution in [-0.2, 0) is 9.59 Å². The van der Waals surface area contributed by atoms with E-state index in [9.17, 15) is 9.59 Å². The first-order valence-electron chi connectivity index (χ1n) is 10.9. The van der Waals surface area contributed by atoms with Crippen molar-refractivity contribution in [1.82, 2.24) is 0 Å². The molecule has 0 fully saturated rings. The summed E-state index contributed by atoms with van der Waals surface area (Å²) in [5.41, 5.74) is 2.16. The van der Waals surface area contributed by atoms with Gasteiger partial charge in [-0.2, -0.15) is 0 Å². The molecule has 7 heteroatoms. The Balaban J connectivity index is 1.74. The van der Waals surface area contributed by atoms with E-state index >= 15 is 0 Å². The van der Waals surface area contributed by atoms with Crippen LogP contribution in [0.2, 0.25) is 0 Å². The van der Waals surface area contributed by atoms with Crippen LogP contribution in [0.1, 0.15) is 19.4 Å². The monoisotopic (exact) mass is 458 g/mol.